The number of aliphatic hydroxyl groups excluding tert-OH is 1. The van der Waals surface area contributed by atoms with E-state index in [2.05, 4.69) is 10.3 Å². The van der Waals surface area contributed by atoms with Crippen LogP contribution < -0.4 is 21.5 Å². The number of nitrogens with one attached hydrogen (secondary N) is 3. The number of pyridine rings is 1. The Morgan fingerprint density at radius 1 is 1.09 bits per heavy atom. The number of aliphatic hydroxyl groups is 1. The molecule has 0 aliphatic heterocycles. The topological polar surface area (TPSA) is 154 Å². The number of aromatic nitrogens is 1. The van der Waals surface area contributed by atoms with Crippen molar-refractivity contribution < 1.29 is 9.84 Å². The molecule has 2 aromatic carbocycles. The summed E-state index contributed by atoms with van der Waals surface area (Å²) in [6, 6.07) is 14.5. The molecule has 0 bridgehead atoms. The molecule has 1 unspecified atom stereocenters. The average Bonchev–Trinajstić information content (AvgIpc) is 2.77. The lowest BCUT2D eigenvalue weighted by Crippen LogP contribution is -2.13. The molecule has 0 aliphatic carbocycles. The van der Waals surface area contributed by atoms with Crippen molar-refractivity contribution in [3.8, 4) is 5.75 Å². The fraction of sp³-hybridized carbons (Fsp3) is 0.208. The van der Waals surface area contributed by atoms with E-state index < -0.39 is 6.10 Å². The van der Waals surface area contributed by atoms with Gasteiger partial charge in [0.2, 0.25) is 0 Å². The number of nitrogens with zero attached hydrogens (tertiary/aromatic N) is 1. The smallest absolute Gasteiger partial charge is 0.147 e. The zero-order chi connectivity index (χ0) is 23.3. The molecule has 32 heavy (non-hydrogen) atoms. The third kappa shape index (κ3) is 5.41. The number of ether oxygens (including phenoxy) is 1. The van der Waals surface area contributed by atoms with Crippen LogP contribution in [-0.2, 0) is 13.2 Å². The minimum Gasteiger partial charge on any atom is -0.487 e. The van der Waals surface area contributed by atoms with E-state index in [1.807, 2.05) is 37.3 Å². The predicted molar refractivity (Wildman–Crippen MR) is 126 cm³/mol. The van der Waals surface area contributed by atoms with E-state index in [1.165, 1.54) is 0 Å². The summed E-state index contributed by atoms with van der Waals surface area (Å²) < 4.78 is 6.09. The van der Waals surface area contributed by atoms with Crippen LogP contribution in [0, 0.1) is 17.7 Å². The zero-order valence-corrected chi connectivity index (χ0v) is 18.1. The molecule has 1 aromatic heterocycles. The summed E-state index contributed by atoms with van der Waals surface area (Å²) in [4.78, 5) is 4.45. The van der Waals surface area contributed by atoms with Gasteiger partial charge in [-0.2, -0.15) is 0 Å². The van der Waals surface area contributed by atoms with Gasteiger partial charge in [0, 0.05) is 35.1 Å². The van der Waals surface area contributed by atoms with Crippen LogP contribution in [0.25, 0.3) is 0 Å². The Morgan fingerprint density at radius 3 is 2.41 bits per heavy atom. The summed E-state index contributed by atoms with van der Waals surface area (Å²) in [6.07, 6.45) is 0.976. The highest BCUT2D eigenvalue weighted by Crippen LogP contribution is 2.32. The van der Waals surface area contributed by atoms with Gasteiger partial charge in [-0.25, -0.2) is 0 Å². The van der Waals surface area contributed by atoms with Crippen molar-refractivity contribution in [3.05, 3.63) is 88.2 Å². The minimum absolute atomic E-state index is 0.00114. The van der Waals surface area contributed by atoms with Crippen LogP contribution >= 0.6 is 0 Å². The molecular formula is C24H28N6O2. The third-order valence-electron chi connectivity index (χ3n) is 5.05. The molecule has 0 radical (unpaired) electrons. The van der Waals surface area contributed by atoms with Crippen molar-refractivity contribution in [1.29, 1.82) is 10.8 Å². The highest BCUT2D eigenvalue weighted by molar-refractivity contribution is 5.95. The maximum Gasteiger partial charge on any atom is 0.147 e. The highest BCUT2D eigenvalue weighted by atomic mass is 16.5. The fourth-order valence-electron chi connectivity index (χ4n) is 3.37. The summed E-state index contributed by atoms with van der Waals surface area (Å²) in [5.41, 5.74) is 16.3. The van der Waals surface area contributed by atoms with Crippen molar-refractivity contribution >= 4 is 17.4 Å². The summed E-state index contributed by atoms with van der Waals surface area (Å²) in [5.74, 6) is 0.560. The van der Waals surface area contributed by atoms with Crippen molar-refractivity contribution in [3.63, 3.8) is 0 Å². The van der Waals surface area contributed by atoms with Gasteiger partial charge >= 0.3 is 0 Å². The van der Waals surface area contributed by atoms with Gasteiger partial charge in [0.15, 0.2) is 0 Å². The van der Waals surface area contributed by atoms with Gasteiger partial charge in [0.25, 0.3) is 0 Å². The Morgan fingerprint density at radius 2 is 1.78 bits per heavy atom. The molecule has 0 fully saturated rings. The molecular weight excluding hydrogens is 404 g/mol. The second-order valence-electron chi connectivity index (χ2n) is 7.53. The van der Waals surface area contributed by atoms with Crippen LogP contribution in [0.4, 0.5) is 5.69 Å². The standard InChI is InChI=1S/C24H28N6O2/c1-14-22(32-13-16-4-3-5-18(10-16)24(27)28)21(15(2)31)19(11-29-14)12-30-20-8-6-17(7-9-20)23(25)26/h3-11,15,30-31H,12-13H2,1-2H3,(H3,25,26)(H3,27,28). The molecule has 8 nitrogen and oxygen atoms in total. The van der Waals surface area contributed by atoms with Gasteiger partial charge in [-0.15, -0.1) is 0 Å². The Hall–Kier alpha value is -3.91. The first-order valence-electron chi connectivity index (χ1n) is 10.2. The molecule has 0 spiro atoms. The van der Waals surface area contributed by atoms with Crippen LogP contribution in [0.2, 0.25) is 0 Å². The van der Waals surface area contributed by atoms with E-state index in [1.54, 1.807) is 31.3 Å². The second kappa shape index (κ2) is 9.93. The number of hydrogen-bond acceptors (Lipinski definition) is 6. The van der Waals surface area contributed by atoms with Crippen molar-refractivity contribution in [1.82, 2.24) is 4.98 Å². The van der Waals surface area contributed by atoms with Crippen LogP contribution in [-0.4, -0.2) is 21.8 Å². The quantitative estimate of drug-likeness (QED) is 0.225. The van der Waals surface area contributed by atoms with Crippen molar-refractivity contribution in [2.24, 2.45) is 11.5 Å². The molecule has 0 amide bonds. The van der Waals surface area contributed by atoms with Crippen molar-refractivity contribution in [2.75, 3.05) is 5.32 Å². The van der Waals surface area contributed by atoms with Crippen LogP contribution in [0.5, 0.6) is 5.75 Å². The molecule has 8 N–H and O–H groups in total. The molecule has 8 heteroatoms. The summed E-state index contributed by atoms with van der Waals surface area (Å²) in [6.45, 7) is 4.23. The Balaban J connectivity index is 1.81. The zero-order valence-electron chi connectivity index (χ0n) is 18.1. The Labute approximate surface area is 187 Å². The number of aryl methyl sites for hydroxylation is 1. The lowest BCUT2D eigenvalue weighted by atomic mass is 10.0. The van der Waals surface area contributed by atoms with E-state index in [0.29, 0.717) is 34.7 Å². The lowest BCUT2D eigenvalue weighted by molar-refractivity contribution is 0.188. The first-order valence-corrected chi connectivity index (χ1v) is 10.2. The molecule has 1 heterocycles. The number of amidine groups is 2. The number of benzene rings is 2. The largest absolute Gasteiger partial charge is 0.487 e. The summed E-state index contributed by atoms with van der Waals surface area (Å²) in [7, 11) is 0. The van der Waals surface area contributed by atoms with Crippen LogP contribution in [0.3, 0.4) is 0 Å². The highest BCUT2D eigenvalue weighted by Gasteiger charge is 2.18. The molecule has 3 rings (SSSR count). The molecule has 0 saturated heterocycles. The average molecular weight is 433 g/mol. The third-order valence-corrected chi connectivity index (χ3v) is 5.05. The van der Waals surface area contributed by atoms with E-state index >= 15 is 0 Å². The second-order valence-corrected chi connectivity index (χ2v) is 7.53. The number of rotatable bonds is 9. The maximum absolute atomic E-state index is 10.5. The Bertz CT molecular complexity index is 1130. The van der Waals surface area contributed by atoms with E-state index in [-0.39, 0.29) is 18.3 Å². The monoisotopic (exact) mass is 432 g/mol. The van der Waals surface area contributed by atoms with Crippen molar-refractivity contribution in [2.45, 2.75) is 33.1 Å². The normalized spacial score (nSPS) is 11.6. The SMILES string of the molecule is Cc1ncc(CNc2ccc(C(=N)N)cc2)c(C(C)O)c1OCc1cccc(C(=N)N)c1. The number of anilines is 1. The molecule has 3 aromatic rings. The molecule has 166 valence electrons. The van der Waals surface area contributed by atoms with Gasteiger partial charge in [-0.05, 0) is 55.3 Å². The van der Waals surface area contributed by atoms with E-state index in [9.17, 15) is 5.11 Å². The van der Waals surface area contributed by atoms with Crippen LogP contribution in [0.15, 0.2) is 54.7 Å². The van der Waals surface area contributed by atoms with Gasteiger partial charge in [-0.3, -0.25) is 15.8 Å². The first-order chi connectivity index (χ1) is 15.3. The van der Waals surface area contributed by atoms with E-state index in [4.69, 9.17) is 27.0 Å². The maximum atomic E-state index is 10.5. The number of nitrogen functional groups attached to an aromatic ring is 2. The van der Waals surface area contributed by atoms with E-state index in [0.717, 1.165) is 16.8 Å². The Kier molecular flexibility index (Phi) is 7.07. The van der Waals surface area contributed by atoms with Crippen LogP contribution in [0.1, 0.15) is 46.5 Å². The minimum atomic E-state index is -0.757. The summed E-state index contributed by atoms with van der Waals surface area (Å²) in [5, 5.41) is 28.9. The van der Waals surface area contributed by atoms with Gasteiger partial charge in [0.1, 0.15) is 24.0 Å². The molecule has 0 aliphatic rings. The first kappa shape index (κ1) is 22.8. The number of nitrogens with two attached hydrogens (primary N) is 2. The molecule has 0 saturated carbocycles. The fourth-order valence-corrected chi connectivity index (χ4v) is 3.37. The van der Waals surface area contributed by atoms with Gasteiger partial charge < -0.3 is 26.6 Å². The van der Waals surface area contributed by atoms with Gasteiger partial charge in [-0.1, -0.05) is 18.2 Å². The lowest BCUT2D eigenvalue weighted by Gasteiger charge is -2.20. The molecule has 1 atom stereocenters. The summed E-state index contributed by atoms with van der Waals surface area (Å²) >= 11 is 0. The van der Waals surface area contributed by atoms with Gasteiger partial charge in [0.05, 0.1) is 11.8 Å². The number of hydrogen-bond donors (Lipinski definition) is 6. The predicted octanol–water partition coefficient (Wildman–Crippen LogP) is 3.20.